The number of alkyl halides is 3. The number of rotatable bonds is 11. The molecule has 0 bridgehead atoms. The first-order chi connectivity index (χ1) is 23.9. The molecule has 1 fully saturated rings. The van der Waals surface area contributed by atoms with E-state index in [1.165, 1.54) is 10.9 Å². The Morgan fingerprint density at radius 3 is 2.54 bits per heavy atom. The summed E-state index contributed by atoms with van der Waals surface area (Å²) in [4.78, 5) is 39.4. The number of fused-ring (bicyclic) bond motifs is 1. The molecule has 0 radical (unpaired) electrons. The van der Waals surface area contributed by atoms with Gasteiger partial charge < -0.3 is 23.8 Å². The Morgan fingerprint density at radius 2 is 1.86 bits per heavy atom. The van der Waals surface area contributed by atoms with Crippen molar-refractivity contribution in [1.29, 1.82) is 0 Å². The van der Waals surface area contributed by atoms with Gasteiger partial charge in [-0.1, -0.05) is 13.3 Å². The summed E-state index contributed by atoms with van der Waals surface area (Å²) >= 11 is 0. The fourth-order valence-corrected chi connectivity index (χ4v) is 6.39. The van der Waals surface area contributed by atoms with E-state index in [0.717, 1.165) is 30.0 Å². The molecule has 14 heteroatoms. The lowest BCUT2D eigenvalue weighted by Gasteiger charge is -2.44. The number of pyridine rings is 1. The van der Waals surface area contributed by atoms with E-state index < -0.39 is 17.8 Å². The lowest BCUT2D eigenvalue weighted by atomic mass is 9.87. The van der Waals surface area contributed by atoms with E-state index in [-0.39, 0.29) is 59.9 Å². The third-order valence-electron chi connectivity index (χ3n) is 9.34. The number of unbranched alkanes of at least 4 members (excludes halogenated alkanes) is 1. The highest BCUT2D eigenvalue weighted by Crippen LogP contribution is 2.44. The summed E-state index contributed by atoms with van der Waals surface area (Å²) in [6, 6.07) is 7.26. The zero-order valence-corrected chi connectivity index (χ0v) is 29.0. The first-order valence-corrected chi connectivity index (χ1v) is 16.9. The lowest BCUT2D eigenvalue weighted by molar-refractivity contribution is -0.141. The molecule has 4 aromatic rings. The molecule has 0 N–H and O–H groups in total. The van der Waals surface area contributed by atoms with Crippen LogP contribution in [0, 0.1) is 19.8 Å². The van der Waals surface area contributed by atoms with E-state index >= 15 is 0 Å². The number of halogens is 3. The van der Waals surface area contributed by atoms with Crippen molar-refractivity contribution in [3.63, 3.8) is 0 Å². The average molecular weight is 694 g/mol. The van der Waals surface area contributed by atoms with Crippen molar-refractivity contribution in [2.45, 2.75) is 72.3 Å². The maximum atomic E-state index is 14.2. The number of amides is 1. The van der Waals surface area contributed by atoms with Gasteiger partial charge >= 0.3 is 12.3 Å². The molecule has 1 saturated heterocycles. The number of hydrogen-bond donors (Lipinski definition) is 0. The number of carbonyl (C=O) groups is 2. The minimum atomic E-state index is -4.71. The number of aryl methyl sites for hydroxylation is 3. The van der Waals surface area contributed by atoms with Gasteiger partial charge in [0, 0.05) is 75.1 Å². The minimum Gasteiger partial charge on any atom is -0.491 e. The first kappa shape index (κ1) is 35.0. The fraction of sp³-hybridized carbons (Fsp3) is 0.472. The number of ether oxygens (including phenoxy) is 2. The summed E-state index contributed by atoms with van der Waals surface area (Å²) in [6.45, 7) is 9.69. The third-order valence-corrected chi connectivity index (χ3v) is 9.34. The van der Waals surface area contributed by atoms with Gasteiger partial charge in [-0.2, -0.15) is 18.3 Å². The highest BCUT2D eigenvalue weighted by Gasteiger charge is 2.40. The molecule has 0 saturated carbocycles. The quantitative estimate of drug-likeness (QED) is 0.168. The van der Waals surface area contributed by atoms with Gasteiger partial charge in [0.1, 0.15) is 17.4 Å². The van der Waals surface area contributed by atoms with Crippen LogP contribution in [0.4, 0.5) is 23.8 Å². The predicted molar refractivity (Wildman–Crippen MR) is 180 cm³/mol. The molecule has 1 amide bonds. The van der Waals surface area contributed by atoms with Gasteiger partial charge in [-0.15, -0.1) is 0 Å². The number of ketones is 1. The van der Waals surface area contributed by atoms with E-state index in [1.807, 2.05) is 37.5 Å². The largest absolute Gasteiger partial charge is 0.491 e. The summed E-state index contributed by atoms with van der Waals surface area (Å²) in [5, 5.41) is 3.81. The van der Waals surface area contributed by atoms with Gasteiger partial charge in [0.05, 0.1) is 30.7 Å². The van der Waals surface area contributed by atoms with E-state index in [2.05, 4.69) is 15.0 Å². The smallest absolute Gasteiger partial charge is 0.435 e. The number of nitrogens with zero attached hydrogens (tertiary/aromatic N) is 7. The molecule has 5 heterocycles. The molecule has 11 nitrogen and oxygen atoms in total. The molecule has 2 aliphatic heterocycles. The summed E-state index contributed by atoms with van der Waals surface area (Å²) in [5.74, 6) is 0.788. The second kappa shape index (κ2) is 14.2. The maximum absolute atomic E-state index is 14.2. The Morgan fingerprint density at radius 1 is 1.10 bits per heavy atom. The standard InChI is InChI=1S/C36H42F3N7O4/c1-6-8-11-49-35(48)43(5)27-18-45(19-27)31-13-22(3)12-26(41-31)16-25-21-50-33-28(30-20-46(7-2)42-34(30)36(37,38)39)14-24(15-29(33)32(25)47)17-44-10-9-40-23(44)4/h9-10,12-15,20,25,27H,6-8,11,16-19,21H2,1-5H3/t25-/m1/s1. The van der Waals surface area contributed by atoms with Crippen LogP contribution in [-0.2, 0) is 30.4 Å². The summed E-state index contributed by atoms with van der Waals surface area (Å²) < 4.78 is 57.3. The highest BCUT2D eigenvalue weighted by molar-refractivity contribution is 6.04. The molecular weight excluding hydrogens is 651 g/mol. The number of likely N-dealkylation sites (N-methyl/N-ethyl adjacent to an activating group) is 1. The zero-order chi connectivity index (χ0) is 35.7. The first-order valence-electron chi connectivity index (χ1n) is 16.9. The van der Waals surface area contributed by atoms with Crippen LogP contribution in [0.1, 0.15) is 65.4 Å². The second-order valence-corrected chi connectivity index (χ2v) is 13.1. The molecule has 0 spiro atoms. The van der Waals surface area contributed by atoms with Crippen molar-refractivity contribution >= 4 is 17.7 Å². The molecule has 266 valence electrons. The number of hydrogen-bond acceptors (Lipinski definition) is 8. The van der Waals surface area contributed by atoms with Gasteiger partial charge in [0.25, 0.3) is 0 Å². The Bertz CT molecular complexity index is 1880. The Labute approximate surface area is 289 Å². The number of Topliss-reactive ketones (excluding diaryl/α,β-unsaturated/α-hetero) is 1. The van der Waals surface area contributed by atoms with Crippen LogP contribution in [0.25, 0.3) is 11.1 Å². The molecule has 0 unspecified atom stereocenters. The van der Waals surface area contributed by atoms with E-state index in [9.17, 15) is 22.8 Å². The van der Waals surface area contributed by atoms with Crippen molar-refractivity contribution in [3.8, 4) is 16.9 Å². The van der Waals surface area contributed by atoms with Crippen molar-refractivity contribution in [2.75, 3.05) is 38.3 Å². The van der Waals surface area contributed by atoms with E-state index in [1.54, 1.807) is 43.4 Å². The molecular formula is C36H42F3N7O4. The van der Waals surface area contributed by atoms with Crippen LogP contribution in [0.5, 0.6) is 5.75 Å². The fourth-order valence-electron chi connectivity index (χ4n) is 6.39. The molecule has 0 aliphatic carbocycles. The normalized spacial score (nSPS) is 16.2. The van der Waals surface area contributed by atoms with Gasteiger partial charge in [0.2, 0.25) is 0 Å². The van der Waals surface area contributed by atoms with Crippen LogP contribution in [0.3, 0.4) is 0 Å². The maximum Gasteiger partial charge on any atom is 0.435 e. The minimum absolute atomic E-state index is 0.00323. The topological polar surface area (TPSA) is 108 Å². The number of anilines is 1. The van der Waals surface area contributed by atoms with Crippen LogP contribution in [0.15, 0.2) is 42.9 Å². The van der Waals surface area contributed by atoms with Gasteiger partial charge in [-0.25, -0.2) is 14.8 Å². The monoisotopic (exact) mass is 693 g/mol. The Hall–Kier alpha value is -4.88. The molecule has 1 aromatic carbocycles. The van der Waals surface area contributed by atoms with Crippen molar-refractivity contribution in [1.82, 2.24) is 29.2 Å². The van der Waals surface area contributed by atoms with Crippen LogP contribution >= 0.6 is 0 Å². The van der Waals surface area contributed by atoms with Gasteiger partial charge in [-0.3, -0.25) is 9.48 Å². The second-order valence-electron chi connectivity index (χ2n) is 13.1. The summed E-state index contributed by atoms with van der Waals surface area (Å²) in [7, 11) is 1.74. The lowest BCUT2D eigenvalue weighted by Crippen LogP contribution is -2.60. The van der Waals surface area contributed by atoms with Gasteiger partial charge in [-0.05, 0) is 62.6 Å². The van der Waals surface area contributed by atoms with Gasteiger partial charge in [0.15, 0.2) is 11.5 Å². The summed E-state index contributed by atoms with van der Waals surface area (Å²) in [5.41, 5.74) is 1.56. The van der Waals surface area contributed by atoms with Crippen molar-refractivity contribution < 1.29 is 32.2 Å². The Balaban J connectivity index is 1.26. The predicted octanol–water partition coefficient (Wildman–Crippen LogP) is 6.34. The highest BCUT2D eigenvalue weighted by atomic mass is 19.4. The van der Waals surface area contributed by atoms with E-state index in [4.69, 9.17) is 14.5 Å². The number of carbonyl (C=O) groups excluding carboxylic acids is 2. The van der Waals surface area contributed by atoms with Crippen molar-refractivity contribution in [3.05, 3.63) is 76.8 Å². The Kier molecular flexibility index (Phi) is 9.90. The van der Waals surface area contributed by atoms with Crippen molar-refractivity contribution in [2.24, 2.45) is 5.92 Å². The zero-order valence-electron chi connectivity index (χ0n) is 29.0. The number of benzene rings is 1. The third kappa shape index (κ3) is 7.19. The van der Waals surface area contributed by atoms with Crippen LogP contribution in [-0.4, -0.2) is 80.5 Å². The number of aromatic nitrogens is 5. The van der Waals surface area contributed by atoms with Crippen LogP contribution < -0.4 is 9.64 Å². The summed E-state index contributed by atoms with van der Waals surface area (Å²) in [6.07, 6.45) is 1.80. The molecule has 1 atom stereocenters. The van der Waals surface area contributed by atoms with Crippen LogP contribution in [0.2, 0.25) is 0 Å². The average Bonchev–Trinajstić information content (AvgIpc) is 3.67. The molecule has 50 heavy (non-hydrogen) atoms. The number of imidazole rings is 1. The van der Waals surface area contributed by atoms with E-state index in [0.29, 0.717) is 37.5 Å². The molecule has 2 aliphatic rings. The SMILES string of the molecule is CCCCOC(=O)N(C)C1CN(c2cc(C)cc(C[C@@H]3COc4c(cc(Cn5ccnc5C)cc4-c4cn(CC)nc4C(F)(F)F)C3=O)n2)C1. The molecule has 3 aromatic heterocycles. The molecule has 6 rings (SSSR count).